The molecule has 1 saturated carbocycles. The predicted molar refractivity (Wildman–Crippen MR) is 54.3 cm³/mol. The third kappa shape index (κ3) is 3.00. The average molecular weight is 180 g/mol. The fourth-order valence-corrected chi connectivity index (χ4v) is 2.01. The monoisotopic (exact) mass is 180 g/mol. The maximum atomic E-state index is 8.57. The van der Waals surface area contributed by atoms with Crippen molar-refractivity contribution in [1.82, 2.24) is 4.90 Å². The van der Waals surface area contributed by atoms with Crippen LogP contribution in [0.25, 0.3) is 0 Å². The summed E-state index contributed by atoms with van der Waals surface area (Å²) < 4.78 is 0. The normalized spacial score (nSPS) is 16.5. The van der Waals surface area contributed by atoms with Crippen LogP contribution in [-0.2, 0) is 0 Å². The summed E-state index contributed by atoms with van der Waals surface area (Å²) in [5, 5.41) is 8.57. The van der Waals surface area contributed by atoms with Crippen molar-refractivity contribution >= 4 is 0 Å². The van der Waals surface area contributed by atoms with E-state index in [1.807, 2.05) is 0 Å². The molecular formula is C11H20N2. The Labute approximate surface area is 81.5 Å². The van der Waals surface area contributed by atoms with Gasteiger partial charge in [0.2, 0.25) is 0 Å². The van der Waals surface area contributed by atoms with E-state index < -0.39 is 0 Å². The van der Waals surface area contributed by atoms with Gasteiger partial charge in [-0.25, -0.2) is 0 Å². The van der Waals surface area contributed by atoms with E-state index in [1.54, 1.807) is 0 Å². The summed E-state index contributed by atoms with van der Waals surface area (Å²) in [6, 6.07) is 3.76. The van der Waals surface area contributed by atoms with Crippen LogP contribution in [0.5, 0.6) is 0 Å². The van der Waals surface area contributed by atoms with Gasteiger partial charge in [0.1, 0.15) is 0 Å². The molecular weight excluding hydrogens is 160 g/mol. The highest BCUT2D eigenvalue weighted by molar-refractivity contribution is 4.89. The van der Waals surface area contributed by atoms with Crippen molar-refractivity contribution in [3.05, 3.63) is 0 Å². The number of nitriles is 1. The van der Waals surface area contributed by atoms with Crippen molar-refractivity contribution < 1.29 is 0 Å². The van der Waals surface area contributed by atoms with Gasteiger partial charge in [-0.05, 0) is 25.7 Å². The zero-order valence-corrected chi connectivity index (χ0v) is 8.79. The fraction of sp³-hybridized carbons (Fsp3) is 0.909. The number of hydrogen-bond acceptors (Lipinski definition) is 2. The molecule has 2 heteroatoms. The first-order chi connectivity index (χ1) is 6.33. The Morgan fingerprint density at radius 1 is 1.38 bits per heavy atom. The molecule has 0 radical (unpaired) electrons. The van der Waals surface area contributed by atoms with Crippen LogP contribution in [0.4, 0.5) is 0 Å². The first kappa shape index (κ1) is 10.5. The average Bonchev–Trinajstić information content (AvgIpc) is 2.95. The minimum atomic E-state index is 0.688. The Kier molecular flexibility index (Phi) is 4.24. The minimum absolute atomic E-state index is 0.688. The van der Waals surface area contributed by atoms with Crippen LogP contribution in [0.3, 0.4) is 0 Å². The second kappa shape index (κ2) is 5.24. The predicted octanol–water partition coefficient (Wildman–Crippen LogP) is 2.55. The van der Waals surface area contributed by atoms with Crippen LogP contribution >= 0.6 is 0 Å². The lowest BCUT2D eigenvalue weighted by molar-refractivity contribution is 0.180. The molecule has 0 atom stereocenters. The minimum Gasteiger partial charge on any atom is -0.296 e. The van der Waals surface area contributed by atoms with E-state index in [0.717, 1.165) is 12.6 Å². The molecule has 1 aliphatic carbocycles. The van der Waals surface area contributed by atoms with Gasteiger partial charge < -0.3 is 0 Å². The van der Waals surface area contributed by atoms with Crippen LogP contribution in [-0.4, -0.2) is 23.5 Å². The summed E-state index contributed by atoms with van der Waals surface area (Å²) in [6.07, 6.45) is 5.83. The topological polar surface area (TPSA) is 27.0 Å². The van der Waals surface area contributed by atoms with Gasteiger partial charge in [0.15, 0.2) is 0 Å². The summed E-state index contributed by atoms with van der Waals surface area (Å²) >= 11 is 0. The maximum absolute atomic E-state index is 8.57. The van der Waals surface area contributed by atoms with Crippen molar-refractivity contribution in [3.8, 4) is 6.07 Å². The Bertz CT molecular complexity index is 175. The summed E-state index contributed by atoms with van der Waals surface area (Å²) in [7, 11) is 0. The summed E-state index contributed by atoms with van der Waals surface area (Å²) in [5.41, 5.74) is 0. The van der Waals surface area contributed by atoms with Gasteiger partial charge in [-0.15, -0.1) is 0 Å². The molecule has 74 valence electrons. The second-order valence-corrected chi connectivity index (χ2v) is 3.85. The molecule has 0 heterocycles. The quantitative estimate of drug-likeness (QED) is 0.628. The molecule has 0 amide bonds. The van der Waals surface area contributed by atoms with Crippen LogP contribution in [0, 0.1) is 11.3 Å². The van der Waals surface area contributed by atoms with E-state index in [0.29, 0.717) is 12.5 Å². The molecule has 0 aliphatic heterocycles. The van der Waals surface area contributed by atoms with Crippen molar-refractivity contribution in [3.63, 3.8) is 0 Å². The molecule has 0 aromatic rings. The third-order valence-corrected chi connectivity index (χ3v) is 2.91. The Morgan fingerprint density at radius 2 is 2.00 bits per heavy atom. The standard InChI is InChI=1S/C11H20N2/c1-3-10(4-2)13(9-5-8-12)11-6-7-11/h10-11H,3-7,9H2,1-2H3. The van der Waals surface area contributed by atoms with Gasteiger partial charge in [-0.1, -0.05) is 13.8 Å². The molecule has 0 N–H and O–H groups in total. The number of nitrogens with zero attached hydrogens (tertiary/aromatic N) is 2. The van der Waals surface area contributed by atoms with Gasteiger partial charge in [-0.3, -0.25) is 4.90 Å². The lowest BCUT2D eigenvalue weighted by Crippen LogP contribution is -2.37. The number of rotatable bonds is 6. The molecule has 1 fully saturated rings. The SMILES string of the molecule is CCC(CC)N(CCC#N)C1CC1. The number of hydrogen-bond donors (Lipinski definition) is 0. The van der Waals surface area contributed by atoms with Crippen molar-refractivity contribution in [2.24, 2.45) is 0 Å². The maximum Gasteiger partial charge on any atom is 0.0635 e. The van der Waals surface area contributed by atoms with Crippen LogP contribution in [0.15, 0.2) is 0 Å². The molecule has 0 bridgehead atoms. The van der Waals surface area contributed by atoms with E-state index in [9.17, 15) is 0 Å². The molecule has 0 saturated heterocycles. The van der Waals surface area contributed by atoms with Crippen LogP contribution in [0.2, 0.25) is 0 Å². The molecule has 0 aromatic heterocycles. The van der Waals surface area contributed by atoms with Crippen molar-refractivity contribution in [1.29, 1.82) is 5.26 Å². The van der Waals surface area contributed by atoms with E-state index in [-0.39, 0.29) is 0 Å². The first-order valence-electron chi connectivity index (χ1n) is 5.46. The van der Waals surface area contributed by atoms with Gasteiger partial charge in [0.05, 0.1) is 6.07 Å². The molecule has 13 heavy (non-hydrogen) atoms. The van der Waals surface area contributed by atoms with Crippen molar-refractivity contribution in [2.45, 2.75) is 58.0 Å². The van der Waals surface area contributed by atoms with Gasteiger partial charge in [-0.2, -0.15) is 5.26 Å². The summed E-state index contributed by atoms with van der Waals surface area (Å²) in [4.78, 5) is 2.54. The van der Waals surface area contributed by atoms with E-state index >= 15 is 0 Å². The largest absolute Gasteiger partial charge is 0.296 e. The van der Waals surface area contributed by atoms with Gasteiger partial charge >= 0.3 is 0 Å². The summed E-state index contributed by atoms with van der Waals surface area (Å²) in [5.74, 6) is 0. The van der Waals surface area contributed by atoms with Gasteiger partial charge in [0, 0.05) is 25.0 Å². The molecule has 2 nitrogen and oxygen atoms in total. The first-order valence-corrected chi connectivity index (χ1v) is 5.46. The fourth-order valence-electron chi connectivity index (χ4n) is 2.01. The molecule has 0 unspecified atom stereocenters. The van der Waals surface area contributed by atoms with E-state index in [4.69, 9.17) is 5.26 Å². The third-order valence-electron chi connectivity index (χ3n) is 2.91. The lowest BCUT2D eigenvalue weighted by atomic mass is 10.1. The Morgan fingerprint density at radius 3 is 2.38 bits per heavy atom. The Balaban J connectivity index is 2.40. The molecule has 1 aliphatic rings. The second-order valence-electron chi connectivity index (χ2n) is 3.85. The van der Waals surface area contributed by atoms with E-state index in [2.05, 4.69) is 24.8 Å². The zero-order valence-electron chi connectivity index (χ0n) is 8.79. The molecule has 0 aromatic carbocycles. The highest BCUT2D eigenvalue weighted by Gasteiger charge is 2.31. The highest BCUT2D eigenvalue weighted by atomic mass is 15.2. The van der Waals surface area contributed by atoms with Crippen LogP contribution < -0.4 is 0 Å². The van der Waals surface area contributed by atoms with Crippen LogP contribution in [0.1, 0.15) is 46.0 Å². The van der Waals surface area contributed by atoms with E-state index in [1.165, 1.54) is 25.7 Å². The summed E-state index contributed by atoms with van der Waals surface area (Å²) in [6.45, 7) is 5.47. The molecule has 1 rings (SSSR count). The molecule has 0 spiro atoms. The lowest BCUT2D eigenvalue weighted by Gasteiger charge is -2.29. The highest BCUT2D eigenvalue weighted by Crippen LogP contribution is 2.30. The Hall–Kier alpha value is -0.550. The van der Waals surface area contributed by atoms with Gasteiger partial charge in [0.25, 0.3) is 0 Å². The smallest absolute Gasteiger partial charge is 0.0635 e. The van der Waals surface area contributed by atoms with Crippen molar-refractivity contribution in [2.75, 3.05) is 6.54 Å². The zero-order chi connectivity index (χ0) is 9.68.